The van der Waals surface area contributed by atoms with Gasteiger partial charge in [-0.1, -0.05) is 30.3 Å². The Morgan fingerprint density at radius 2 is 1.96 bits per heavy atom. The molecule has 126 valence electrons. The highest BCUT2D eigenvalue weighted by molar-refractivity contribution is 5.68. The molecule has 0 spiro atoms. The number of carbonyl (C=O) groups is 1. The van der Waals surface area contributed by atoms with Crippen molar-refractivity contribution < 1.29 is 19.4 Å². The number of hydrogen-bond donors (Lipinski definition) is 2. The SMILES string of the molecule is COCOc1ccc(-c2ccc3c(c2)CCCC3NC(=O)O)cc1. The summed E-state index contributed by atoms with van der Waals surface area (Å²) in [5, 5.41) is 11.6. The molecule has 0 saturated carbocycles. The number of ether oxygens (including phenoxy) is 2. The molecule has 1 aliphatic carbocycles. The largest absolute Gasteiger partial charge is 0.468 e. The molecule has 0 radical (unpaired) electrons. The highest BCUT2D eigenvalue weighted by Crippen LogP contribution is 2.33. The van der Waals surface area contributed by atoms with Crippen molar-refractivity contribution in [3.05, 3.63) is 53.6 Å². The van der Waals surface area contributed by atoms with Crippen molar-refractivity contribution in [3.8, 4) is 16.9 Å². The number of benzene rings is 2. The minimum Gasteiger partial charge on any atom is -0.468 e. The molecule has 2 aromatic carbocycles. The summed E-state index contributed by atoms with van der Waals surface area (Å²) in [6.45, 7) is 0.232. The molecule has 24 heavy (non-hydrogen) atoms. The van der Waals surface area contributed by atoms with E-state index >= 15 is 0 Å². The van der Waals surface area contributed by atoms with Gasteiger partial charge in [-0.3, -0.25) is 0 Å². The summed E-state index contributed by atoms with van der Waals surface area (Å²) in [5.74, 6) is 0.768. The number of aryl methyl sites for hydroxylation is 1. The van der Waals surface area contributed by atoms with Crippen LogP contribution in [0.15, 0.2) is 42.5 Å². The first-order chi connectivity index (χ1) is 11.7. The lowest BCUT2D eigenvalue weighted by atomic mass is 9.86. The molecule has 0 fully saturated rings. The van der Waals surface area contributed by atoms with Crippen molar-refractivity contribution in [1.82, 2.24) is 5.32 Å². The van der Waals surface area contributed by atoms with Gasteiger partial charge < -0.3 is 19.9 Å². The minimum atomic E-state index is -0.969. The Hall–Kier alpha value is -2.53. The van der Waals surface area contributed by atoms with Crippen LogP contribution in [0.1, 0.15) is 30.0 Å². The first kappa shape index (κ1) is 16.3. The van der Waals surface area contributed by atoms with E-state index in [4.69, 9.17) is 14.6 Å². The summed E-state index contributed by atoms with van der Waals surface area (Å²) >= 11 is 0. The summed E-state index contributed by atoms with van der Waals surface area (Å²) < 4.78 is 10.3. The van der Waals surface area contributed by atoms with E-state index in [2.05, 4.69) is 11.4 Å². The smallest absolute Gasteiger partial charge is 0.405 e. The lowest BCUT2D eigenvalue weighted by molar-refractivity contribution is 0.0511. The molecule has 5 nitrogen and oxygen atoms in total. The highest BCUT2D eigenvalue weighted by Gasteiger charge is 2.21. The Bertz CT molecular complexity index is 712. The highest BCUT2D eigenvalue weighted by atomic mass is 16.7. The Kier molecular flexibility index (Phi) is 5.01. The van der Waals surface area contributed by atoms with Crippen LogP contribution in [0.4, 0.5) is 4.79 Å². The summed E-state index contributed by atoms with van der Waals surface area (Å²) in [7, 11) is 1.59. The number of amides is 1. The van der Waals surface area contributed by atoms with E-state index in [0.29, 0.717) is 0 Å². The fourth-order valence-corrected chi connectivity index (χ4v) is 3.16. The van der Waals surface area contributed by atoms with Crippen molar-refractivity contribution >= 4 is 6.09 Å². The van der Waals surface area contributed by atoms with E-state index in [1.165, 1.54) is 5.56 Å². The van der Waals surface area contributed by atoms with Gasteiger partial charge in [0.15, 0.2) is 6.79 Å². The van der Waals surface area contributed by atoms with Crippen LogP contribution < -0.4 is 10.1 Å². The average molecular weight is 327 g/mol. The number of carboxylic acid groups (broad SMARTS) is 1. The molecule has 1 atom stereocenters. The zero-order valence-electron chi connectivity index (χ0n) is 13.6. The van der Waals surface area contributed by atoms with Crippen LogP contribution in [0.5, 0.6) is 5.75 Å². The van der Waals surface area contributed by atoms with E-state index in [1.807, 2.05) is 36.4 Å². The molecule has 5 heteroatoms. The monoisotopic (exact) mass is 327 g/mol. The normalized spacial score (nSPS) is 16.3. The number of rotatable bonds is 5. The molecule has 1 aliphatic rings. The third kappa shape index (κ3) is 3.68. The maximum atomic E-state index is 10.9. The third-order valence-corrected chi connectivity index (χ3v) is 4.29. The van der Waals surface area contributed by atoms with Gasteiger partial charge in [-0.05, 0) is 53.6 Å². The number of hydrogen-bond acceptors (Lipinski definition) is 3. The molecule has 1 amide bonds. The van der Waals surface area contributed by atoms with Crippen LogP contribution in [0.25, 0.3) is 11.1 Å². The topological polar surface area (TPSA) is 67.8 Å². The van der Waals surface area contributed by atoms with Gasteiger partial charge in [-0.15, -0.1) is 0 Å². The van der Waals surface area contributed by atoms with E-state index in [0.717, 1.165) is 41.7 Å². The van der Waals surface area contributed by atoms with Crippen LogP contribution in [0, 0.1) is 0 Å². The van der Waals surface area contributed by atoms with Crippen LogP contribution in [-0.4, -0.2) is 25.1 Å². The first-order valence-corrected chi connectivity index (χ1v) is 8.02. The van der Waals surface area contributed by atoms with Crippen LogP contribution >= 0.6 is 0 Å². The second-order valence-electron chi connectivity index (χ2n) is 5.88. The molecule has 0 aromatic heterocycles. The predicted molar refractivity (Wildman–Crippen MR) is 91.2 cm³/mol. The van der Waals surface area contributed by atoms with Gasteiger partial charge in [-0.2, -0.15) is 0 Å². The van der Waals surface area contributed by atoms with Gasteiger partial charge in [0.05, 0.1) is 6.04 Å². The van der Waals surface area contributed by atoms with E-state index in [9.17, 15) is 4.79 Å². The lowest BCUT2D eigenvalue weighted by Crippen LogP contribution is -2.29. The van der Waals surface area contributed by atoms with Crippen molar-refractivity contribution in [3.63, 3.8) is 0 Å². The van der Waals surface area contributed by atoms with Gasteiger partial charge in [0.2, 0.25) is 0 Å². The molecule has 3 rings (SSSR count). The van der Waals surface area contributed by atoms with Crippen molar-refractivity contribution in [2.24, 2.45) is 0 Å². The molecule has 1 unspecified atom stereocenters. The quantitative estimate of drug-likeness (QED) is 0.815. The van der Waals surface area contributed by atoms with Crippen molar-refractivity contribution in [2.45, 2.75) is 25.3 Å². The Labute approximate surface area is 141 Å². The molecular weight excluding hydrogens is 306 g/mol. The molecule has 2 N–H and O–H groups in total. The molecule has 0 aliphatic heterocycles. The second-order valence-corrected chi connectivity index (χ2v) is 5.88. The van der Waals surface area contributed by atoms with Crippen LogP contribution in [0.2, 0.25) is 0 Å². The van der Waals surface area contributed by atoms with E-state index in [1.54, 1.807) is 7.11 Å². The Morgan fingerprint density at radius 1 is 1.21 bits per heavy atom. The van der Waals surface area contributed by atoms with Gasteiger partial charge in [0.1, 0.15) is 5.75 Å². The molecular formula is C19H21NO4. The summed E-state index contributed by atoms with van der Waals surface area (Å²) in [6, 6.07) is 14.0. The summed E-state index contributed by atoms with van der Waals surface area (Å²) in [6.07, 6.45) is 1.86. The maximum Gasteiger partial charge on any atom is 0.405 e. The minimum absolute atomic E-state index is 0.106. The molecule has 0 bridgehead atoms. The van der Waals surface area contributed by atoms with Gasteiger partial charge in [0.25, 0.3) is 0 Å². The van der Waals surface area contributed by atoms with Crippen molar-refractivity contribution in [1.29, 1.82) is 0 Å². The molecule has 0 saturated heterocycles. The number of methoxy groups -OCH3 is 1. The molecule has 2 aromatic rings. The third-order valence-electron chi connectivity index (χ3n) is 4.29. The van der Waals surface area contributed by atoms with Crippen LogP contribution in [-0.2, 0) is 11.2 Å². The van der Waals surface area contributed by atoms with Gasteiger partial charge in [0, 0.05) is 7.11 Å². The van der Waals surface area contributed by atoms with Gasteiger partial charge in [-0.25, -0.2) is 4.79 Å². The summed E-state index contributed by atoms with van der Waals surface area (Å²) in [4.78, 5) is 10.9. The lowest BCUT2D eigenvalue weighted by Gasteiger charge is -2.26. The number of fused-ring (bicyclic) bond motifs is 1. The summed E-state index contributed by atoms with van der Waals surface area (Å²) in [5.41, 5.74) is 4.54. The number of nitrogens with one attached hydrogen (secondary N) is 1. The van der Waals surface area contributed by atoms with E-state index < -0.39 is 6.09 Å². The van der Waals surface area contributed by atoms with Crippen LogP contribution in [0.3, 0.4) is 0 Å². The fraction of sp³-hybridized carbons (Fsp3) is 0.316. The van der Waals surface area contributed by atoms with Crippen molar-refractivity contribution in [2.75, 3.05) is 13.9 Å². The Balaban J connectivity index is 1.81. The van der Waals surface area contributed by atoms with Gasteiger partial charge >= 0.3 is 6.09 Å². The molecule has 0 heterocycles. The average Bonchev–Trinajstić information content (AvgIpc) is 2.60. The fourth-order valence-electron chi connectivity index (χ4n) is 3.16. The first-order valence-electron chi connectivity index (χ1n) is 8.02. The predicted octanol–water partition coefficient (Wildman–Crippen LogP) is 3.98. The Morgan fingerprint density at radius 3 is 2.67 bits per heavy atom. The standard InChI is InChI=1S/C19H21NO4/c1-23-12-24-16-8-5-13(6-9-16)14-7-10-17-15(11-14)3-2-4-18(17)20-19(21)22/h5-11,18,20H,2-4,12H2,1H3,(H,21,22). The second kappa shape index (κ2) is 7.36. The van der Waals surface area contributed by atoms with E-state index in [-0.39, 0.29) is 12.8 Å². The maximum absolute atomic E-state index is 10.9. The zero-order chi connectivity index (χ0) is 16.9. The zero-order valence-corrected chi connectivity index (χ0v) is 13.6.